The van der Waals surface area contributed by atoms with E-state index < -0.39 is 18.0 Å². The summed E-state index contributed by atoms with van der Waals surface area (Å²) in [6.07, 6.45) is 6.48. The molecular weight excluding hydrogens is 452 g/mol. The predicted molar refractivity (Wildman–Crippen MR) is 129 cm³/mol. The molecule has 1 unspecified atom stereocenters. The van der Waals surface area contributed by atoms with Gasteiger partial charge < -0.3 is 14.5 Å². The molecule has 0 aliphatic carbocycles. The van der Waals surface area contributed by atoms with Crippen molar-refractivity contribution in [1.29, 1.82) is 0 Å². The number of rotatable bonds is 5. The lowest BCUT2D eigenvalue weighted by atomic mass is 10.0. The molecule has 5 rings (SSSR count). The average molecular weight is 483 g/mol. The lowest BCUT2D eigenvalue weighted by Crippen LogP contribution is -2.52. The standard InChI is InChI=1S/C24H26N6O5.2H2/c31-21-7-6-18(22(32)28-21)30-13-16-5-4-15(10-17(16)23(30)33)14-35-24(34)27-19-11-26-20(12-25-19)29-8-2-1-3-9-29;;/h4-5,10-12,18H,1-3,6-9,13-14H2,(H,25,27,34)(H,28,31,32);2*1H. The number of anilines is 2. The normalized spacial score (nSPS) is 19.9. The molecule has 186 valence electrons. The number of imide groups is 1. The number of nitrogens with zero attached hydrogens (tertiary/aromatic N) is 4. The number of ether oxygens (including phenoxy) is 1. The van der Waals surface area contributed by atoms with Gasteiger partial charge in [-0.1, -0.05) is 12.1 Å². The van der Waals surface area contributed by atoms with E-state index in [0.29, 0.717) is 29.9 Å². The Kier molecular flexibility index (Phi) is 6.30. The molecular formula is C24H30N6O5. The Bertz CT molecular complexity index is 1170. The van der Waals surface area contributed by atoms with E-state index in [1.165, 1.54) is 17.5 Å². The number of fused-ring (bicyclic) bond motifs is 1. The second-order valence-electron chi connectivity index (χ2n) is 8.90. The third-order valence-electron chi connectivity index (χ3n) is 6.51. The second kappa shape index (κ2) is 9.69. The van der Waals surface area contributed by atoms with Crippen molar-refractivity contribution < 1.29 is 26.8 Å². The largest absolute Gasteiger partial charge is 0.444 e. The van der Waals surface area contributed by atoms with Gasteiger partial charge in [0.25, 0.3) is 5.91 Å². The maximum atomic E-state index is 12.9. The fraction of sp³-hybridized carbons (Fsp3) is 0.417. The Morgan fingerprint density at radius 1 is 1.14 bits per heavy atom. The van der Waals surface area contributed by atoms with Gasteiger partial charge in [-0.25, -0.2) is 14.8 Å². The molecule has 0 radical (unpaired) electrons. The first-order valence-corrected chi connectivity index (χ1v) is 11.7. The van der Waals surface area contributed by atoms with Gasteiger partial charge in [0, 0.05) is 34.5 Å². The van der Waals surface area contributed by atoms with E-state index in [0.717, 1.165) is 37.3 Å². The Morgan fingerprint density at radius 3 is 2.71 bits per heavy atom. The SMILES string of the molecule is O=C1CCC(N2Cc3ccc(COC(=O)Nc4cnc(N5CCCCC5)cn4)cc3C2=O)C(=O)N1.[HH].[HH]. The first-order chi connectivity index (χ1) is 17.0. The molecule has 1 atom stereocenters. The number of hydrogen-bond acceptors (Lipinski definition) is 8. The van der Waals surface area contributed by atoms with Gasteiger partial charge in [-0.15, -0.1) is 0 Å². The quantitative estimate of drug-likeness (QED) is 0.621. The molecule has 2 aromatic rings. The fourth-order valence-electron chi connectivity index (χ4n) is 4.65. The number of amides is 4. The van der Waals surface area contributed by atoms with Gasteiger partial charge in [0.1, 0.15) is 18.5 Å². The van der Waals surface area contributed by atoms with Crippen LogP contribution in [0.2, 0.25) is 0 Å². The molecule has 1 aromatic heterocycles. The summed E-state index contributed by atoms with van der Waals surface area (Å²) in [5.41, 5.74) is 1.90. The first-order valence-electron chi connectivity index (χ1n) is 11.7. The Labute approximate surface area is 204 Å². The molecule has 11 nitrogen and oxygen atoms in total. The highest BCUT2D eigenvalue weighted by atomic mass is 16.5. The zero-order valence-corrected chi connectivity index (χ0v) is 19.2. The van der Waals surface area contributed by atoms with Crippen LogP contribution in [-0.2, 0) is 27.5 Å². The monoisotopic (exact) mass is 482 g/mol. The fourth-order valence-corrected chi connectivity index (χ4v) is 4.65. The maximum absolute atomic E-state index is 12.9. The highest BCUT2D eigenvalue weighted by Gasteiger charge is 2.39. The van der Waals surface area contributed by atoms with Gasteiger partial charge in [-0.2, -0.15) is 0 Å². The summed E-state index contributed by atoms with van der Waals surface area (Å²) in [5, 5.41) is 4.85. The van der Waals surface area contributed by atoms with Crippen LogP contribution in [-0.4, -0.2) is 57.8 Å². The number of carbonyl (C=O) groups excluding carboxylic acids is 4. The molecule has 3 aliphatic heterocycles. The van der Waals surface area contributed by atoms with Crippen LogP contribution in [0.25, 0.3) is 0 Å². The van der Waals surface area contributed by atoms with Gasteiger partial charge >= 0.3 is 6.09 Å². The minimum atomic E-state index is -0.679. The summed E-state index contributed by atoms with van der Waals surface area (Å²) in [6.45, 7) is 2.17. The van der Waals surface area contributed by atoms with Crippen LogP contribution in [0.1, 0.15) is 56.4 Å². The molecule has 0 spiro atoms. The molecule has 4 heterocycles. The van der Waals surface area contributed by atoms with Gasteiger partial charge in [0.2, 0.25) is 11.8 Å². The lowest BCUT2D eigenvalue weighted by molar-refractivity contribution is -0.136. The van der Waals surface area contributed by atoms with Gasteiger partial charge in [-0.05, 0) is 42.9 Å². The molecule has 0 saturated carbocycles. The van der Waals surface area contributed by atoms with E-state index in [1.807, 2.05) is 0 Å². The number of nitrogens with one attached hydrogen (secondary N) is 2. The topological polar surface area (TPSA) is 134 Å². The molecule has 2 saturated heterocycles. The zero-order chi connectivity index (χ0) is 24.4. The molecule has 11 heteroatoms. The average Bonchev–Trinajstić information content (AvgIpc) is 3.19. The second-order valence-corrected chi connectivity index (χ2v) is 8.90. The number of aromatic nitrogens is 2. The minimum absolute atomic E-state index is 0. The van der Waals surface area contributed by atoms with Crippen molar-refractivity contribution in [2.24, 2.45) is 0 Å². The van der Waals surface area contributed by atoms with Crippen molar-refractivity contribution in [2.45, 2.75) is 51.3 Å². The van der Waals surface area contributed by atoms with E-state index in [4.69, 9.17) is 4.74 Å². The van der Waals surface area contributed by atoms with Gasteiger partial charge in [0.05, 0.1) is 12.4 Å². The summed E-state index contributed by atoms with van der Waals surface area (Å²) in [5.74, 6) is 0.0363. The number of piperidine rings is 2. The molecule has 2 N–H and O–H groups in total. The van der Waals surface area contributed by atoms with Crippen molar-refractivity contribution >= 4 is 35.5 Å². The molecule has 2 fully saturated rings. The van der Waals surface area contributed by atoms with Crippen LogP contribution in [0.5, 0.6) is 0 Å². The molecule has 1 aromatic carbocycles. The van der Waals surface area contributed by atoms with Crippen LogP contribution in [0, 0.1) is 0 Å². The highest BCUT2D eigenvalue weighted by Crippen LogP contribution is 2.28. The molecule has 4 amide bonds. The maximum Gasteiger partial charge on any atom is 0.413 e. The Balaban J connectivity index is 0.00000190. The summed E-state index contributed by atoms with van der Waals surface area (Å²) < 4.78 is 5.29. The Hall–Kier alpha value is -4.02. The van der Waals surface area contributed by atoms with Crippen molar-refractivity contribution in [3.8, 4) is 0 Å². The number of benzene rings is 1. The van der Waals surface area contributed by atoms with E-state index >= 15 is 0 Å². The van der Waals surface area contributed by atoms with Gasteiger partial charge in [0.15, 0.2) is 5.82 Å². The van der Waals surface area contributed by atoms with Crippen molar-refractivity contribution in [3.05, 3.63) is 47.3 Å². The zero-order valence-electron chi connectivity index (χ0n) is 19.2. The third kappa shape index (κ3) is 4.93. The molecule has 35 heavy (non-hydrogen) atoms. The van der Waals surface area contributed by atoms with E-state index in [1.54, 1.807) is 24.4 Å². The highest BCUT2D eigenvalue weighted by molar-refractivity contribution is 6.05. The molecule has 3 aliphatic rings. The predicted octanol–water partition coefficient (Wildman–Crippen LogP) is 2.47. The van der Waals surface area contributed by atoms with Crippen LogP contribution in [0.15, 0.2) is 30.6 Å². The van der Waals surface area contributed by atoms with Crippen molar-refractivity contribution in [2.75, 3.05) is 23.3 Å². The van der Waals surface area contributed by atoms with Crippen molar-refractivity contribution in [3.63, 3.8) is 0 Å². The van der Waals surface area contributed by atoms with Gasteiger partial charge in [-0.3, -0.25) is 25.0 Å². The van der Waals surface area contributed by atoms with Crippen LogP contribution < -0.4 is 15.5 Å². The van der Waals surface area contributed by atoms with Crippen LogP contribution in [0.3, 0.4) is 0 Å². The molecule has 0 bridgehead atoms. The van der Waals surface area contributed by atoms with E-state index in [9.17, 15) is 19.2 Å². The minimum Gasteiger partial charge on any atom is -0.444 e. The third-order valence-corrected chi connectivity index (χ3v) is 6.51. The lowest BCUT2D eigenvalue weighted by Gasteiger charge is -2.29. The number of hydrogen-bond donors (Lipinski definition) is 2. The first kappa shape index (κ1) is 22.8. The van der Waals surface area contributed by atoms with Crippen LogP contribution >= 0.6 is 0 Å². The summed E-state index contributed by atoms with van der Waals surface area (Å²) in [4.78, 5) is 61.0. The Morgan fingerprint density at radius 2 is 1.97 bits per heavy atom. The van der Waals surface area contributed by atoms with Crippen LogP contribution in [0.4, 0.5) is 16.4 Å². The van der Waals surface area contributed by atoms with E-state index in [2.05, 4.69) is 25.5 Å². The summed E-state index contributed by atoms with van der Waals surface area (Å²) >= 11 is 0. The van der Waals surface area contributed by atoms with E-state index in [-0.39, 0.29) is 27.7 Å². The van der Waals surface area contributed by atoms with Crippen molar-refractivity contribution in [1.82, 2.24) is 20.2 Å². The summed E-state index contributed by atoms with van der Waals surface area (Å²) in [7, 11) is 0. The summed E-state index contributed by atoms with van der Waals surface area (Å²) in [6, 6.07) is 4.57. The number of carbonyl (C=O) groups is 4. The smallest absolute Gasteiger partial charge is 0.413 e.